The number of halogens is 2. The lowest BCUT2D eigenvalue weighted by atomic mass is 9.94. The second kappa shape index (κ2) is 7.53. The Labute approximate surface area is 169 Å². The summed E-state index contributed by atoms with van der Waals surface area (Å²) in [6.45, 7) is 0. The molecule has 0 unspecified atom stereocenters. The van der Waals surface area contributed by atoms with Gasteiger partial charge in [0.15, 0.2) is 0 Å². The molecule has 0 saturated carbocycles. The lowest BCUT2D eigenvalue weighted by Crippen LogP contribution is -2.32. The van der Waals surface area contributed by atoms with Gasteiger partial charge in [0, 0.05) is 38.8 Å². The van der Waals surface area contributed by atoms with Crippen molar-refractivity contribution < 1.29 is 5.11 Å². The quantitative estimate of drug-likeness (QED) is 0.510. The van der Waals surface area contributed by atoms with E-state index in [1.54, 1.807) is 23.5 Å². The minimum atomic E-state index is -0.156. The van der Waals surface area contributed by atoms with E-state index in [0.717, 1.165) is 26.9 Å². The molecule has 0 amide bonds. The van der Waals surface area contributed by atoms with E-state index < -0.39 is 0 Å². The standard InChI is InChI=1S/C20H16BrClN2OS/c21-14-3-1-12(2-4-14)17-10-18(16-9-15(22)5-6-19(16)25)24-20(23-17)13-7-8-26-11-13/h1-9,11,18,20,24-25H,10H2/t18-,20-/m0/s1. The van der Waals surface area contributed by atoms with Gasteiger partial charge in [-0.05, 0) is 52.7 Å². The predicted octanol–water partition coefficient (Wildman–Crippen LogP) is 6.09. The number of rotatable bonds is 3. The Kier molecular flexibility index (Phi) is 5.14. The van der Waals surface area contributed by atoms with Crippen LogP contribution in [0.15, 0.2) is 68.8 Å². The highest BCUT2D eigenvalue weighted by Crippen LogP contribution is 2.36. The van der Waals surface area contributed by atoms with Crippen LogP contribution in [0, 0.1) is 0 Å². The molecule has 2 N–H and O–H groups in total. The fourth-order valence-electron chi connectivity index (χ4n) is 3.13. The molecule has 3 nitrogen and oxygen atoms in total. The van der Waals surface area contributed by atoms with Gasteiger partial charge in [-0.1, -0.05) is 39.7 Å². The summed E-state index contributed by atoms with van der Waals surface area (Å²) in [5.74, 6) is 0.244. The lowest BCUT2D eigenvalue weighted by molar-refractivity contribution is 0.413. The maximum absolute atomic E-state index is 10.4. The summed E-state index contributed by atoms with van der Waals surface area (Å²) < 4.78 is 1.04. The van der Waals surface area contributed by atoms with Crippen molar-refractivity contribution in [1.29, 1.82) is 0 Å². The first-order chi connectivity index (χ1) is 12.6. The number of nitrogens with zero attached hydrogens (tertiary/aromatic N) is 1. The Morgan fingerprint density at radius 3 is 2.69 bits per heavy atom. The number of aliphatic imine (C=N–C) groups is 1. The molecule has 132 valence electrons. The normalized spacial score (nSPS) is 20.0. The van der Waals surface area contributed by atoms with Crippen LogP contribution in [0.3, 0.4) is 0 Å². The third kappa shape index (κ3) is 3.71. The number of thiophene rings is 1. The van der Waals surface area contributed by atoms with Crippen molar-refractivity contribution in [2.24, 2.45) is 4.99 Å². The zero-order valence-corrected chi connectivity index (χ0v) is 16.9. The van der Waals surface area contributed by atoms with Crippen LogP contribution < -0.4 is 5.32 Å². The summed E-state index contributed by atoms with van der Waals surface area (Å²) in [5, 5.41) is 18.7. The molecule has 0 fully saturated rings. The van der Waals surface area contributed by atoms with Crippen molar-refractivity contribution in [2.45, 2.75) is 18.6 Å². The number of phenols is 1. The number of aromatic hydroxyl groups is 1. The molecule has 0 spiro atoms. The Hall–Kier alpha value is -1.66. The molecule has 6 heteroatoms. The highest BCUT2D eigenvalue weighted by molar-refractivity contribution is 9.10. The maximum atomic E-state index is 10.4. The SMILES string of the molecule is Oc1ccc(Cl)cc1[C@@H]1CC(c2ccc(Br)cc2)=N[C@H](c2ccsc2)N1. The van der Waals surface area contributed by atoms with Crippen molar-refractivity contribution in [2.75, 3.05) is 0 Å². The average Bonchev–Trinajstić information content (AvgIpc) is 3.19. The van der Waals surface area contributed by atoms with E-state index in [-0.39, 0.29) is 18.0 Å². The zero-order valence-electron chi connectivity index (χ0n) is 13.7. The van der Waals surface area contributed by atoms with Gasteiger partial charge in [-0.25, -0.2) is 0 Å². The number of nitrogens with one attached hydrogen (secondary N) is 1. The monoisotopic (exact) mass is 446 g/mol. The van der Waals surface area contributed by atoms with Gasteiger partial charge in [-0.2, -0.15) is 11.3 Å². The molecule has 2 heterocycles. The highest BCUT2D eigenvalue weighted by atomic mass is 79.9. The van der Waals surface area contributed by atoms with Crippen LogP contribution in [0.2, 0.25) is 5.02 Å². The van der Waals surface area contributed by atoms with Crippen LogP contribution in [-0.2, 0) is 0 Å². The van der Waals surface area contributed by atoms with Gasteiger partial charge in [0.25, 0.3) is 0 Å². The lowest BCUT2D eigenvalue weighted by Gasteiger charge is -2.30. The summed E-state index contributed by atoms with van der Waals surface area (Å²) in [6.07, 6.45) is 0.521. The molecule has 1 aliphatic rings. The minimum absolute atomic E-state index is 0.0743. The van der Waals surface area contributed by atoms with Crippen LogP contribution in [0.1, 0.15) is 35.3 Å². The number of phenolic OH excluding ortho intramolecular Hbond substituents is 1. The summed E-state index contributed by atoms with van der Waals surface area (Å²) >= 11 is 11.3. The first-order valence-electron chi connectivity index (χ1n) is 8.19. The molecular weight excluding hydrogens is 432 g/mol. The first kappa shape index (κ1) is 17.7. The molecule has 26 heavy (non-hydrogen) atoms. The van der Waals surface area contributed by atoms with Crippen molar-refractivity contribution in [3.8, 4) is 5.75 Å². The Morgan fingerprint density at radius 1 is 1.15 bits per heavy atom. The van der Waals surface area contributed by atoms with E-state index >= 15 is 0 Å². The van der Waals surface area contributed by atoms with Gasteiger partial charge in [0.1, 0.15) is 11.9 Å². The van der Waals surface area contributed by atoms with Crippen LogP contribution in [0.4, 0.5) is 0 Å². The van der Waals surface area contributed by atoms with E-state index in [2.05, 4.69) is 44.8 Å². The van der Waals surface area contributed by atoms with Crippen LogP contribution >= 0.6 is 38.9 Å². The molecule has 3 aromatic rings. The maximum Gasteiger partial charge on any atom is 0.127 e. The fraction of sp³-hybridized carbons (Fsp3) is 0.150. The molecule has 0 radical (unpaired) electrons. The fourth-order valence-corrected chi connectivity index (χ4v) is 4.25. The summed E-state index contributed by atoms with van der Waals surface area (Å²) in [6, 6.07) is 15.3. The molecule has 2 atom stereocenters. The number of benzene rings is 2. The molecule has 1 aliphatic heterocycles. The van der Waals surface area contributed by atoms with E-state index in [9.17, 15) is 5.11 Å². The third-order valence-corrected chi connectivity index (χ3v) is 5.91. The summed E-state index contributed by atoms with van der Waals surface area (Å²) in [5.41, 5.74) is 4.01. The Bertz CT molecular complexity index is 941. The van der Waals surface area contributed by atoms with Gasteiger partial charge < -0.3 is 5.11 Å². The topological polar surface area (TPSA) is 44.6 Å². The third-order valence-electron chi connectivity index (χ3n) is 4.44. The average molecular weight is 448 g/mol. The van der Waals surface area contributed by atoms with Crippen molar-refractivity contribution >= 4 is 44.6 Å². The second-order valence-electron chi connectivity index (χ2n) is 6.17. The van der Waals surface area contributed by atoms with Gasteiger partial charge in [-0.15, -0.1) is 0 Å². The van der Waals surface area contributed by atoms with Crippen molar-refractivity contribution in [3.05, 3.63) is 85.5 Å². The van der Waals surface area contributed by atoms with Crippen molar-refractivity contribution in [3.63, 3.8) is 0 Å². The molecule has 2 aromatic carbocycles. The summed E-state index contributed by atoms with van der Waals surface area (Å²) in [7, 11) is 0. The molecule has 0 saturated heterocycles. The van der Waals surface area contributed by atoms with Crippen LogP contribution in [-0.4, -0.2) is 10.8 Å². The molecular formula is C20H16BrClN2OS. The Balaban J connectivity index is 1.75. The summed E-state index contributed by atoms with van der Waals surface area (Å²) in [4.78, 5) is 4.93. The van der Waals surface area contributed by atoms with E-state index in [1.807, 2.05) is 23.6 Å². The zero-order chi connectivity index (χ0) is 18.1. The van der Waals surface area contributed by atoms with Gasteiger partial charge >= 0.3 is 0 Å². The van der Waals surface area contributed by atoms with Crippen LogP contribution in [0.25, 0.3) is 0 Å². The minimum Gasteiger partial charge on any atom is -0.508 e. The number of hydrogen-bond donors (Lipinski definition) is 2. The van der Waals surface area contributed by atoms with Gasteiger partial charge in [0.05, 0.1) is 0 Å². The molecule has 1 aromatic heterocycles. The molecule has 0 aliphatic carbocycles. The van der Waals surface area contributed by atoms with E-state index in [1.165, 1.54) is 0 Å². The van der Waals surface area contributed by atoms with E-state index in [0.29, 0.717) is 11.4 Å². The van der Waals surface area contributed by atoms with Gasteiger partial charge in [-0.3, -0.25) is 10.3 Å². The van der Waals surface area contributed by atoms with Crippen molar-refractivity contribution in [1.82, 2.24) is 5.32 Å². The smallest absolute Gasteiger partial charge is 0.127 e. The largest absolute Gasteiger partial charge is 0.508 e. The first-order valence-corrected chi connectivity index (χ1v) is 10.3. The number of hydrogen-bond acceptors (Lipinski definition) is 4. The van der Waals surface area contributed by atoms with E-state index in [4.69, 9.17) is 16.6 Å². The highest BCUT2D eigenvalue weighted by Gasteiger charge is 2.28. The van der Waals surface area contributed by atoms with Crippen LogP contribution in [0.5, 0.6) is 5.75 Å². The second-order valence-corrected chi connectivity index (χ2v) is 8.30. The predicted molar refractivity (Wildman–Crippen MR) is 111 cm³/mol. The van der Waals surface area contributed by atoms with Gasteiger partial charge in [0.2, 0.25) is 0 Å². The molecule has 4 rings (SSSR count). The Morgan fingerprint density at radius 2 is 1.96 bits per heavy atom. The molecule has 0 bridgehead atoms.